The van der Waals surface area contributed by atoms with Gasteiger partial charge in [0.15, 0.2) is 11.4 Å². The topological polar surface area (TPSA) is 52.2 Å². The van der Waals surface area contributed by atoms with E-state index in [0.717, 1.165) is 24.8 Å². The Labute approximate surface area is 104 Å². The quantitative estimate of drug-likeness (QED) is 0.781. The number of ketones is 1. The van der Waals surface area contributed by atoms with E-state index >= 15 is 0 Å². The number of fused-ring (bicyclic) bond motifs is 1. The first-order valence-corrected chi connectivity index (χ1v) is 6.38. The predicted molar refractivity (Wildman–Crippen MR) is 67.8 cm³/mol. The van der Waals surface area contributed by atoms with Crippen LogP contribution in [0.15, 0.2) is 27.4 Å². The Morgan fingerprint density at radius 1 is 1.44 bits per heavy atom. The van der Waals surface area contributed by atoms with Crippen LogP contribution in [0.25, 0.3) is 11.1 Å². The Bertz CT molecular complexity index is 661. The van der Waals surface area contributed by atoms with E-state index in [4.69, 9.17) is 4.42 Å². The molecule has 18 heavy (non-hydrogen) atoms. The summed E-state index contributed by atoms with van der Waals surface area (Å²) in [6, 6.07) is 5.29. The molecule has 1 heterocycles. The lowest BCUT2D eigenvalue weighted by Crippen LogP contribution is -2.21. The Morgan fingerprint density at radius 3 is 2.83 bits per heavy atom. The van der Waals surface area contributed by atoms with E-state index < -0.39 is 0 Å². The number of carbonyl (C=O) groups is 1. The van der Waals surface area contributed by atoms with Crippen LogP contribution in [0.1, 0.15) is 36.5 Å². The van der Waals surface area contributed by atoms with Crippen molar-refractivity contribution in [2.75, 3.05) is 0 Å². The van der Waals surface area contributed by atoms with Crippen molar-refractivity contribution in [3.8, 4) is 0 Å². The zero-order valence-corrected chi connectivity index (χ0v) is 10.3. The summed E-state index contributed by atoms with van der Waals surface area (Å²) >= 11 is 0. The lowest BCUT2D eigenvalue weighted by atomic mass is 9.80. The molecule has 1 saturated carbocycles. The average Bonchev–Trinajstić information content (AvgIpc) is 2.60. The fourth-order valence-corrected chi connectivity index (χ4v) is 2.43. The monoisotopic (exact) mass is 245 g/mol. The molecule has 1 aliphatic carbocycles. The maximum atomic E-state index is 12.1. The van der Waals surface area contributed by atoms with Crippen LogP contribution in [0.4, 0.5) is 0 Å². The van der Waals surface area contributed by atoms with Crippen molar-refractivity contribution in [1.29, 1.82) is 0 Å². The first-order chi connectivity index (χ1) is 8.70. The van der Waals surface area contributed by atoms with Crippen molar-refractivity contribution in [2.24, 2.45) is 5.92 Å². The van der Waals surface area contributed by atoms with Crippen molar-refractivity contribution in [3.05, 3.63) is 34.3 Å². The molecule has 94 valence electrons. The van der Waals surface area contributed by atoms with Crippen LogP contribution >= 0.6 is 0 Å². The minimum atomic E-state index is -0.360. The summed E-state index contributed by atoms with van der Waals surface area (Å²) in [4.78, 5) is 23.7. The summed E-state index contributed by atoms with van der Waals surface area (Å²) in [5.74, 6) is -0.0155. The molecule has 4 heteroatoms. The highest BCUT2D eigenvalue weighted by Crippen LogP contribution is 2.30. The van der Waals surface area contributed by atoms with E-state index in [1.54, 1.807) is 22.8 Å². The molecule has 0 atom stereocenters. The zero-order valence-electron chi connectivity index (χ0n) is 10.3. The van der Waals surface area contributed by atoms with Gasteiger partial charge in [0.1, 0.15) is 0 Å². The van der Waals surface area contributed by atoms with E-state index in [2.05, 4.69) is 0 Å². The summed E-state index contributed by atoms with van der Waals surface area (Å²) in [6.45, 7) is 2.46. The molecule has 0 amide bonds. The van der Waals surface area contributed by atoms with E-state index in [0.29, 0.717) is 17.7 Å². The maximum absolute atomic E-state index is 12.1. The molecule has 0 N–H and O–H groups in total. The minimum Gasteiger partial charge on any atom is -0.408 e. The highest BCUT2D eigenvalue weighted by atomic mass is 16.4. The minimum absolute atomic E-state index is 0.169. The van der Waals surface area contributed by atoms with Gasteiger partial charge < -0.3 is 4.42 Å². The molecule has 0 unspecified atom stereocenters. The Balaban J connectivity index is 2.06. The van der Waals surface area contributed by atoms with Crippen LogP contribution in [-0.4, -0.2) is 10.4 Å². The van der Waals surface area contributed by atoms with E-state index in [1.165, 1.54) is 0 Å². The number of Topliss-reactive ketones (excluding diaryl/α,β-unsaturated/α-hetero) is 1. The summed E-state index contributed by atoms with van der Waals surface area (Å²) in [6.07, 6.45) is 3.10. The Morgan fingerprint density at radius 2 is 2.22 bits per heavy atom. The van der Waals surface area contributed by atoms with Gasteiger partial charge in [0.2, 0.25) is 0 Å². The largest absolute Gasteiger partial charge is 0.419 e. The fourth-order valence-electron chi connectivity index (χ4n) is 2.43. The number of aromatic nitrogens is 1. The van der Waals surface area contributed by atoms with Crippen LogP contribution in [0.2, 0.25) is 0 Å². The Hall–Kier alpha value is -1.84. The average molecular weight is 245 g/mol. The molecule has 1 aromatic heterocycles. The van der Waals surface area contributed by atoms with Gasteiger partial charge in [-0.05, 0) is 38.0 Å². The molecule has 4 nitrogen and oxygen atoms in total. The van der Waals surface area contributed by atoms with Gasteiger partial charge in [-0.25, -0.2) is 4.79 Å². The normalized spacial score (nSPS) is 15.8. The number of nitrogens with zero attached hydrogens (tertiary/aromatic N) is 1. The first-order valence-electron chi connectivity index (χ1n) is 6.38. The molecule has 2 aromatic rings. The van der Waals surface area contributed by atoms with E-state index in [1.807, 2.05) is 6.92 Å². The number of hydrogen-bond donors (Lipinski definition) is 0. The fraction of sp³-hybridized carbons (Fsp3) is 0.429. The van der Waals surface area contributed by atoms with Crippen molar-refractivity contribution < 1.29 is 9.21 Å². The highest BCUT2D eigenvalue weighted by molar-refractivity contribution is 6.00. The molecule has 1 fully saturated rings. The SMILES string of the molecule is CCn1c(=O)oc2cc(C(=O)C3CCC3)ccc21. The number of rotatable bonds is 3. The zero-order chi connectivity index (χ0) is 12.7. The van der Waals surface area contributed by atoms with E-state index in [9.17, 15) is 9.59 Å². The molecule has 0 spiro atoms. The van der Waals surface area contributed by atoms with Crippen LogP contribution in [0, 0.1) is 5.92 Å². The summed E-state index contributed by atoms with van der Waals surface area (Å²) < 4.78 is 6.73. The molecule has 3 rings (SSSR count). The molecular weight excluding hydrogens is 230 g/mol. The lowest BCUT2D eigenvalue weighted by Gasteiger charge is -2.23. The second-order valence-corrected chi connectivity index (χ2v) is 4.79. The Kier molecular flexibility index (Phi) is 2.58. The van der Waals surface area contributed by atoms with Gasteiger partial charge in [-0.15, -0.1) is 0 Å². The number of aryl methyl sites for hydroxylation is 1. The predicted octanol–water partition coefficient (Wildman–Crippen LogP) is 2.60. The molecule has 0 bridgehead atoms. The molecule has 0 radical (unpaired) electrons. The van der Waals surface area contributed by atoms with Gasteiger partial charge in [-0.3, -0.25) is 9.36 Å². The lowest BCUT2D eigenvalue weighted by molar-refractivity contribution is 0.0855. The van der Waals surface area contributed by atoms with Crippen molar-refractivity contribution in [2.45, 2.75) is 32.7 Å². The third-order valence-corrected chi connectivity index (χ3v) is 3.74. The molecule has 1 aliphatic rings. The molecule has 0 saturated heterocycles. The van der Waals surface area contributed by atoms with Crippen LogP contribution < -0.4 is 5.76 Å². The molecular formula is C14H15NO3. The van der Waals surface area contributed by atoms with Crippen LogP contribution in [0.3, 0.4) is 0 Å². The van der Waals surface area contributed by atoms with Crippen molar-refractivity contribution in [1.82, 2.24) is 4.57 Å². The van der Waals surface area contributed by atoms with Gasteiger partial charge in [0, 0.05) is 18.0 Å². The highest BCUT2D eigenvalue weighted by Gasteiger charge is 2.26. The smallest absolute Gasteiger partial charge is 0.408 e. The van der Waals surface area contributed by atoms with Crippen molar-refractivity contribution >= 4 is 16.9 Å². The number of carbonyl (C=O) groups excluding carboxylic acids is 1. The second kappa shape index (κ2) is 4.12. The second-order valence-electron chi connectivity index (χ2n) is 4.79. The third-order valence-electron chi connectivity index (χ3n) is 3.74. The van der Waals surface area contributed by atoms with Gasteiger partial charge >= 0.3 is 5.76 Å². The summed E-state index contributed by atoms with van der Waals surface area (Å²) in [5.41, 5.74) is 1.92. The first kappa shape index (κ1) is 11.3. The van der Waals surface area contributed by atoms with Gasteiger partial charge in [0.05, 0.1) is 5.52 Å². The number of oxazole rings is 1. The standard InChI is InChI=1S/C14H15NO3/c1-2-15-11-7-6-10(8-12(11)18-14(15)17)13(16)9-4-3-5-9/h6-9H,2-5H2,1H3. The summed E-state index contributed by atoms with van der Waals surface area (Å²) in [5, 5.41) is 0. The molecule has 1 aromatic carbocycles. The number of hydrogen-bond acceptors (Lipinski definition) is 3. The van der Waals surface area contributed by atoms with Crippen LogP contribution in [0.5, 0.6) is 0 Å². The van der Waals surface area contributed by atoms with Gasteiger partial charge in [-0.2, -0.15) is 0 Å². The van der Waals surface area contributed by atoms with Gasteiger partial charge in [-0.1, -0.05) is 6.42 Å². The van der Waals surface area contributed by atoms with Crippen LogP contribution in [-0.2, 0) is 6.54 Å². The maximum Gasteiger partial charge on any atom is 0.419 e. The third kappa shape index (κ3) is 1.60. The summed E-state index contributed by atoms with van der Waals surface area (Å²) in [7, 11) is 0. The molecule has 0 aliphatic heterocycles. The van der Waals surface area contributed by atoms with E-state index in [-0.39, 0.29) is 17.5 Å². The van der Waals surface area contributed by atoms with Crippen molar-refractivity contribution in [3.63, 3.8) is 0 Å². The van der Waals surface area contributed by atoms with Gasteiger partial charge in [0.25, 0.3) is 0 Å². The number of benzene rings is 1.